The Kier molecular flexibility index (Phi) is 2.13. The summed E-state index contributed by atoms with van der Waals surface area (Å²) in [6, 6.07) is -1.30. The number of ether oxygens (including phenoxy) is 1. The van der Waals surface area contributed by atoms with Crippen molar-refractivity contribution in [3.05, 3.63) is 0 Å². The summed E-state index contributed by atoms with van der Waals surface area (Å²) in [5.41, 5.74) is -0.813. The van der Waals surface area contributed by atoms with E-state index in [1.54, 1.807) is 6.92 Å². The van der Waals surface area contributed by atoms with Crippen molar-refractivity contribution >= 4 is 17.9 Å². The number of hydrogen-bond donors (Lipinski definition) is 2. The molecule has 6 heteroatoms. The highest BCUT2D eigenvalue weighted by Gasteiger charge is 2.62. The minimum Gasteiger partial charge on any atom is -0.465 e. The fourth-order valence-electron chi connectivity index (χ4n) is 1.83. The number of carbonyl (C=O) groups is 3. The molecular formula is C9H12N2O4. The van der Waals surface area contributed by atoms with Gasteiger partial charge in [0.05, 0.1) is 12.0 Å². The number of urea groups is 1. The summed E-state index contributed by atoms with van der Waals surface area (Å²) in [5, 5.41) is 4.56. The Morgan fingerprint density at radius 1 is 1.53 bits per heavy atom. The number of hydrogen-bond acceptors (Lipinski definition) is 4. The van der Waals surface area contributed by atoms with Crippen LogP contribution in [0.3, 0.4) is 0 Å². The zero-order valence-electron chi connectivity index (χ0n) is 8.33. The molecule has 0 radical (unpaired) electrons. The third kappa shape index (κ3) is 1.45. The van der Waals surface area contributed by atoms with Crippen LogP contribution in [-0.4, -0.2) is 30.6 Å². The Bertz CT molecular complexity index is 335. The molecule has 3 amide bonds. The first kappa shape index (κ1) is 9.95. The average Bonchev–Trinajstić information content (AvgIpc) is 2.89. The Hall–Kier alpha value is -1.59. The van der Waals surface area contributed by atoms with Crippen molar-refractivity contribution in [2.24, 2.45) is 5.41 Å². The van der Waals surface area contributed by atoms with E-state index in [0.29, 0.717) is 12.8 Å². The van der Waals surface area contributed by atoms with E-state index >= 15 is 0 Å². The second kappa shape index (κ2) is 3.22. The number of carbonyl (C=O) groups excluding carboxylic acids is 3. The Labute approximate surface area is 86.3 Å². The van der Waals surface area contributed by atoms with Crippen molar-refractivity contribution in [3.63, 3.8) is 0 Å². The first-order chi connectivity index (χ1) is 7.10. The highest BCUT2D eigenvalue weighted by atomic mass is 16.5. The van der Waals surface area contributed by atoms with Crippen LogP contribution >= 0.6 is 0 Å². The van der Waals surface area contributed by atoms with E-state index in [-0.39, 0.29) is 6.61 Å². The maximum absolute atomic E-state index is 11.6. The Balaban J connectivity index is 2.13. The van der Waals surface area contributed by atoms with Gasteiger partial charge in [0.2, 0.25) is 0 Å². The standard InChI is InChI=1S/C9H12N2O4/c1-2-15-7(13)9(3-4-9)5-6(12)11-8(14)10-5/h5H,2-4H2,1H3,(H2,10,11,12,14). The van der Waals surface area contributed by atoms with Crippen molar-refractivity contribution < 1.29 is 19.1 Å². The fourth-order valence-corrected chi connectivity index (χ4v) is 1.83. The van der Waals surface area contributed by atoms with Gasteiger partial charge in [0.1, 0.15) is 6.04 Å². The molecule has 1 heterocycles. The summed E-state index contributed by atoms with van der Waals surface area (Å²) in [4.78, 5) is 33.9. The van der Waals surface area contributed by atoms with Gasteiger partial charge in [-0.15, -0.1) is 0 Å². The maximum atomic E-state index is 11.6. The second-order valence-electron chi connectivity index (χ2n) is 3.77. The molecule has 6 nitrogen and oxygen atoms in total. The highest BCUT2D eigenvalue weighted by molar-refractivity contribution is 6.07. The third-order valence-electron chi connectivity index (χ3n) is 2.80. The lowest BCUT2D eigenvalue weighted by atomic mass is 9.97. The van der Waals surface area contributed by atoms with Crippen LogP contribution in [0, 0.1) is 5.41 Å². The summed E-state index contributed by atoms with van der Waals surface area (Å²) < 4.78 is 4.89. The van der Waals surface area contributed by atoms with Crippen LogP contribution < -0.4 is 10.6 Å². The predicted molar refractivity (Wildman–Crippen MR) is 48.8 cm³/mol. The van der Waals surface area contributed by atoms with Crippen LogP contribution in [0.5, 0.6) is 0 Å². The minimum atomic E-state index is -0.813. The lowest BCUT2D eigenvalue weighted by Gasteiger charge is -2.18. The van der Waals surface area contributed by atoms with Crippen molar-refractivity contribution in [1.29, 1.82) is 0 Å². The molecule has 0 spiro atoms. The molecule has 0 bridgehead atoms. The van der Waals surface area contributed by atoms with E-state index in [9.17, 15) is 14.4 Å². The number of nitrogens with one attached hydrogen (secondary N) is 2. The van der Waals surface area contributed by atoms with Crippen LogP contribution in [0.4, 0.5) is 4.79 Å². The molecule has 1 aliphatic heterocycles. The third-order valence-corrected chi connectivity index (χ3v) is 2.80. The molecule has 15 heavy (non-hydrogen) atoms. The largest absolute Gasteiger partial charge is 0.465 e. The molecule has 1 unspecified atom stereocenters. The Morgan fingerprint density at radius 3 is 2.60 bits per heavy atom. The number of esters is 1. The van der Waals surface area contributed by atoms with Gasteiger partial charge in [-0.3, -0.25) is 14.9 Å². The molecule has 2 rings (SSSR count). The molecular weight excluding hydrogens is 200 g/mol. The topological polar surface area (TPSA) is 84.5 Å². The molecule has 2 N–H and O–H groups in total. The first-order valence-corrected chi connectivity index (χ1v) is 4.89. The average molecular weight is 212 g/mol. The van der Waals surface area contributed by atoms with E-state index in [0.717, 1.165) is 0 Å². The summed E-state index contributed by atoms with van der Waals surface area (Å²) >= 11 is 0. The summed E-state index contributed by atoms with van der Waals surface area (Å²) in [6.07, 6.45) is 1.18. The van der Waals surface area contributed by atoms with Gasteiger partial charge < -0.3 is 10.1 Å². The van der Waals surface area contributed by atoms with Crippen LogP contribution in [0.1, 0.15) is 19.8 Å². The van der Waals surface area contributed by atoms with Crippen molar-refractivity contribution in [3.8, 4) is 0 Å². The predicted octanol–water partition coefficient (Wildman–Crippen LogP) is -0.462. The van der Waals surface area contributed by atoms with Gasteiger partial charge in [0, 0.05) is 0 Å². The van der Waals surface area contributed by atoms with Gasteiger partial charge in [-0.2, -0.15) is 0 Å². The zero-order chi connectivity index (χ0) is 11.1. The molecule has 0 aromatic rings. The van der Waals surface area contributed by atoms with Crippen molar-refractivity contribution in [2.45, 2.75) is 25.8 Å². The normalized spacial score (nSPS) is 26.9. The monoisotopic (exact) mass is 212 g/mol. The second-order valence-corrected chi connectivity index (χ2v) is 3.77. The van der Waals surface area contributed by atoms with E-state index in [2.05, 4.69) is 10.6 Å². The molecule has 2 fully saturated rings. The molecule has 1 atom stereocenters. The highest BCUT2D eigenvalue weighted by Crippen LogP contribution is 2.50. The van der Waals surface area contributed by atoms with E-state index in [4.69, 9.17) is 4.74 Å². The minimum absolute atomic E-state index is 0.281. The van der Waals surface area contributed by atoms with Gasteiger partial charge >= 0.3 is 12.0 Å². The Morgan fingerprint density at radius 2 is 2.20 bits per heavy atom. The van der Waals surface area contributed by atoms with Crippen molar-refractivity contribution in [2.75, 3.05) is 6.61 Å². The molecule has 1 saturated carbocycles. The molecule has 82 valence electrons. The van der Waals surface area contributed by atoms with E-state index in [1.807, 2.05) is 0 Å². The van der Waals surface area contributed by atoms with Gasteiger partial charge in [-0.05, 0) is 19.8 Å². The van der Waals surface area contributed by atoms with Crippen LogP contribution in [-0.2, 0) is 14.3 Å². The van der Waals surface area contributed by atoms with Gasteiger partial charge in [-0.25, -0.2) is 4.79 Å². The van der Waals surface area contributed by atoms with E-state index < -0.39 is 29.4 Å². The quantitative estimate of drug-likeness (QED) is 0.489. The lowest BCUT2D eigenvalue weighted by Crippen LogP contribution is -2.43. The van der Waals surface area contributed by atoms with Gasteiger partial charge in [0.25, 0.3) is 5.91 Å². The summed E-state index contributed by atoms with van der Waals surface area (Å²) in [6.45, 7) is 1.99. The SMILES string of the molecule is CCOC(=O)C1(C2NC(=O)NC2=O)CC1. The molecule has 0 aromatic carbocycles. The summed E-state index contributed by atoms with van der Waals surface area (Å²) in [7, 11) is 0. The fraction of sp³-hybridized carbons (Fsp3) is 0.667. The number of imide groups is 1. The van der Waals surface area contributed by atoms with E-state index in [1.165, 1.54) is 0 Å². The molecule has 2 aliphatic rings. The van der Waals surface area contributed by atoms with Crippen molar-refractivity contribution in [1.82, 2.24) is 10.6 Å². The van der Waals surface area contributed by atoms with Crippen LogP contribution in [0.25, 0.3) is 0 Å². The number of rotatable bonds is 3. The molecule has 0 aromatic heterocycles. The number of amides is 3. The molecule has 1 saturated heterocycles. The van der Waals surface area contributed by atoms with Gasteiger partial charge in [-0.1, -0.05) is 0 Å². The summed E-state index contributed by atoms with van der Waals surface area (Å²) in [5.74, 6) is -0.835. The smallest absolute Gasteiger partial charge is 0.322 e. The molecule has 1 aliphatic carbocycles. The van der Waals surface area contributed by atoms with Gasteiger partial charge in [0.15, 0.2) is 0 Å². The van der Waals surface area contributed by atoms with Crippen LogP contribution in [0.2, 0.25) is 0 Å². The zero-order valence-corrected chi connectivity index (χ0v) is 8.33. The maximum Gasteiger partial charge on any atom is 0.322 e. The van der Waals surface area contributed by atoms with Crippen LogP contribution in [0.15, 0.2) is 0 Å². The first-order valence-electron chi connectivity index (χ1n) is 4.89. The lowest BCUT2D eigenvalue weighted by molar-refractivity contribution is -0.152.